The Labute approximate surface area is 134 Å². The van der Waals surface area contributed by atoms with Gasteiger partial charge in [-0.3, -0.25) is 9.59 Å². The topological polar surface area (TPSA) is 63.6 Å². The first kappa shape index (κ1) is 15.3. The fourth-order valence-electron chi connectivity index (χ4n) is 3.01. The first-order valence-electron chi connectivity index (χ1n) is 7.64. The van der Waals surface area contributed by atoms with Crippen molar-refractivity contribution in [2.24, 2.45) is 5.92 Å². The fourth-order valence-corrected chi connectivity index (χ4v) is 3.01. The van der Waals surface area contributed by atoms with E-state index >= 15 is 0 Å². The standard InChI is InChI=1S/C19H18O4/c1-12(19(21)22)10-18(20)23-11-17-15-8-4-2-6-13(15)14-7-3-5-9-16(14)17/h2-9,12,17H,10-11H2,1H3,(H,21,22)/t12-/m1/s1. The molecule has 1 aliphatic rings. The lowest BCUT2D eigenvalue weighted by Gasteiger charge is -2.14. The molecule has 0 fully saturated rings. The number of fused-ring (bicyclic) bond motifs is 3. The highest BCUT2D eigenvalue weighted by Gasteiger charge is 2.29. The second-order valence-electron chi connectivity index (χ2n) is 5.85. The van der Waals surface area contributed by atoms with E-state index < -0.39 is 17.9 Å². The third-order valence-corrected chi connectivity index (χ3v) is 4.27. The molecule has 118 valence electrons. The van der Waals surface area contributed by atoms with E-state index in [4.69, 9.17) is 9.84 Å². The first-order chi connectivity index (χ1) is 11.1. The molecule has 4 heteroatoms. The summed E-state index contributed by atoms with van der Waals surface area (Å²) in [6.45, 7) is 1.74. The summed E-state index contributed by atoms with van der Waals surface area (Å²) in [5.41, 5.74) is 4.63. The Morgan fingerprint density at radius 3 is 2.09 bits per heavy atom. The van der Waals surface area contributed by atoms with E-state index in [1.54, 1.807) is 0 Å². The third-order valence-electron chi connectivity index (χ3n) is 4.27. The van der Waals surface area contributed by atoms with Crippen LogP contribution in [0.3, 0.4) is 0 Å². The number of carboxylic acids is 1. The molecule has 1 atom stereocenters. The minimum absolute atomic E-state index is 0.00600. The zero-order valence-corrected chi connectivity index (χ0v) is 12.9. The highest BCUT2D eigenvalue weighted by Crippen LogP contribution is 2.44. The van der Waals surface area contributed by atoms with Crippen LogP contribution < -0.4 is 0 Å². The molecule has 0 saturated heterocycles. The van der Waals surface area contributed by atoms with Crippen molar-refractivity contribution in [2.45, 2.75) is 19.3 Å². The van der Waals surface area contributed by atoms with Gasteiger partial charge in [0, 0.05) is 5.92 Å². The van der Waals surface area contributed by atoms with E-state index in [-0.39, 0.29) is 18.9 Å². The van der Waals surface area contributed by atoms with Gasteiger partial charge in [0.2, 0.25) is 0 Å². The molecule has 0 bridgehead atoms. The molecule has 3 rings (SSSR count). The van der Waals surface area contributed by atoms with Crippen molar-refractivity contribution in [1.82, 2.24) is 0 Å². The van der Waals surface area contributed by atoms with E-state index in [2.05, 4.69) is 12.1 Å². The molecule has 0 aromatic heterocycles. The van der Waals surface area contributed by atoms with Gasteiger partial charge in [0.25, 0.3) is 0 Å². The lowest BCUT2D eigenvalue weighted by atomic mass is 9.98. The zero-order valence-electron chi connectivity index (χ0n) is 12.9. The molecule has 0 saturated carbocycles. The van der Waals surface area contributed by atoms with Crippen LogP contribution in [0.2, 0.25) is 0 Å². The maximum Gasteiger partial charge on any atom is 0.306 e. The summed E-state index contributed by atoms with van der Waals surface area (Å²) < 4.78 is 5.36. The van der Waals surface area contributed by atoms with Gasteiger partial charge in [0.15, 0.2) is 0 Å². The molecule has 0 heterocycles. The molecule has 1 aliphatic carbocycles. The minimum Gasteiger partial charge on any atom is -0.481 e. The number of ether oxygens (including phenoxy) is 1. The number of carboxylic acid groups (broad SMARTS) is 1. The number of hydrogen-bond acceptors (Lipinski definition) is 3. The predicted octanol–water partition coefficient (Wildman–Crippen LogP) is 3.45. The van der Waals surface area contributed by atoms with Crippen molar-refractivity contribution in [2.75, 3.05) is 6.61 Å². The van der Waals surface area contributed by atoms with Crippen LogP contribution in [-0.4, -0.2) is 23.7 Å². The van der Waals surface area contributed by atoms with Crippen molar-refractivity contribution in [3.8, 4) is 11.1 Å². The van der Waals surface area contributed by atoms with Gasteiger partial charge in [-0.25, -0.2) is 0 Å². The molecule has 2 aromatic carbocycles. The van der Waals surface area contributed by atoms with Gasteiger partial charge in [0.1, 0.15) is 6.61 Å². The van der Waals surface area contributed by atoms with Crippen LogP contribution in [0.1, 0.15) is 30.4 Å². The second-order valence-corrected chi connectivity index (χ2v) is 5.85. The average molecular weight is 310 g/mol. The van der Waals surface area contributed by atoms with Crippen LogP contribution in [0.4, 0.5) is 0 Å². The number of benzene rings is 2. The van der Waals surface area contributed by atoms with Gasteiger partial charge in [-0.05, 0) is 22.3 Å². The van der Waals surface area contributed by atoms with Crippen molar-refractivity contribution < 1.29 is 19.4 Å². The number of carbonyl (C=O) groups is 2. The highest BCUT2D eigenvalue weighted by atomic mass is 16.5. The zero-order chi connectivity index (χ0) is 16.4. The minimum atomic E-state index is -0.987. The number of rotatable bonds is 5. The number of hydrogen-bond donors (Lipinski definition) is 1. The number of esters is 1. The van der Waals surface area contributed by atoms with E-state index in [1.165, 1.54) is 18.1 Å². The molecule has 0 radical (unpaired) electrons. The maximum absolute atomic E-state index is 11.9. The van der Waals surface area contributed by atoms with E-state index in [9.17, 15) is 9.59 Å². The van der Waals surface area contributed by atoms with Gasteiger partial charge in [-0.15, -0.1) is 0 Å². The van der Waals surface area contributed by atoms with Crippen LogP contribution in [0.25, 0.3) is 11.1 Å². The summed E-state index contributed by atoms with van der Waals surface area (Å²) in [4.78, 5) is 22.7. The van der Waals surface area contributed by atoms with E-state index in [1.807, 2.05) is 36.4 Å². The largest absolute Gasteiger partial charge is 0.481 e. The van der Waals surface area contributed by atoms with Crippen LogP contribution in [-0.2, 0) is 14.3 Å². The Morgan fingerprint density at radius 1 is 1.04 bits per heavy atom. The van der Waals surface area contributed by atoms with Gasteiger partial charge in [-0.1, -0.05) is 55.5 Å². The van der Waals surface area contributed by atoms with Gasteiger partial charge < -0.3 is 9.84 Å². The van der Waals surface area contributed by atoms with Gasteiger partial charge >= 0.3 is 11.9 Å². The summed E-state index contributed by atoms with van der Waals surface area (Å²) in [7, 11) is 0. The quantitative estimate of drug-likeness (QED) is 0.859. The average Bonchev–Trinajstić information content (AvgIpc) is 2.87. The van der Waals surface area contributed by atoms with Crippen LogP contribution in [0.15, 0.2) is 48.5 Å². The fraction of sp³-hybridized carbons (Fsp3) is 0.263. The second kappa shape index (κ2) is 6.24. The predicted molar refractivity (Wildman–Crippen MR) is 86.1 cm³/mol. The van der Waals surface area contributed by atoms with Crippen molar-refractivity contribution in [3.63, 3.8) is 0 Å². The number of aliphatic carboxylic acids is 1. The third kappa shape index (κ3) is 2.97. The van der Waals surface area contributed by atoms with E-state index in [0.717, 1.165) is 11.1 Å². The highest BCUT2D eigenvalue weighted by molar-refractivity contribution is 5.80. The number of carbonyl (C=O) groups excluding carboxylic acids is 1. The lowest BCUT2D eigenvalue weighted by molar-refractivity contribution is -0.151. The molecule has 0 unspecified atom stereocenters. The summed E-state index contributed by atoms with van der Waals surface area (Å²) in [6, 6.07) is 16.2. The van der Waals surface area contributed by atoms with Crippen LogP contribution in [0, 0.1) is 5.92 Å². The molecule has 1 N–H and O–H groups in total. The molecule has 0 aliphatic heterocycles. The molecule has 4 nitrogen and oxygen atoms in total. The van der Waals surface area contributed by atoms with Crippen molar-refractivity contribution in [3.05, 3.63) is 59.7 Å². The van der Waals surface area contributed by atoms with Crippen LogP contribution in [0.5, 0.6) is 0 Å². The molecule has 0 amide bonds. The summed E-state index contributed by atoms with van der Waals surface area (Å²) >= 11 is 0. The Bertz CT molecular complexity index is 705. The first-order valence-corrected chi connectivity index (χ1v) is 7.64. The molecule has 23 heavy (non-hydrogen) atoms. The van der Waals surface area contributed by atoms with Gasteiger partial charge in [0.05, 0.1) is 12.3 Å². The van der Waals surface area contributed by atoms with Crippen molar-refractivity contribution in [1.29, 1.82) is 0 Å². The molecular weight excluding hydrogens is 292 g/mol. The Kier molecular flexibility index (Phi) is 4.15. The summed E-state index contributed by atoms with van der Waals surface area (Å²) in [6.07, 6.45) is -0.106. The summed E-state index contributed by atoms with van der Waals surface area (Å²) in [5.74, 6) is -2.18. The maximum atomic E-state index is 11.9. The normalized spacial score (nSPS) is 14.0. The van der Waals surface area contributed by atoms with Gasteiger partial charge in [-0.2, -0.15) is 0 Å². The Hall–Kier alpha value is -2.62. The Morgan fingerprint density at radius 2 is 1.57 bits per heavy atom. The molecular formula is C19H18O4. The molecule has 2 aromatic rings. The smallest absolute Gasteiger partial charge is 0.306 e. The molecule has 0 spiro atoms. The lowest BCUT2D eigenvalue weighted by Crippen LogP contribution is -2.18. The SMILES string of the molecule is C[C@H](CC(=O)OCC1c2ccccc2-c2ccccc21)C(=O)O. The van der Waals surface area contributed by atoms with E-state index in [0.29, 0.717) is 0 Å². The van der Waals surface area contributed by atoms with Crippen molar-refractivity contribution >= 4 is 11.9 Å². The van der Waals surface area contributed by atoms with Crippen LogP contribution >= 0.6 is 0 Å². The monoisotopic (exact) mass is 310 g/mol. The summed E-state index contributed by atoms with van der Waals surface area (Å²) in [5, 5.41) is 8.86. The Balaban J connectivity index is 1.76.